The minimum atomic E-state index is 0.565. The van der Waals surface area contributed by atoms with Crippen molar-refractivity contribution in [3.05, 3.63) is 48.4 Å². The van der Waals surface area contributed by atoms with Gasteiger partial charge in [-0.3, -0.25) is 0 Å². The third-order valence-electron chi connectivity index (χ3n) is 2.47. The molecule has 4 heteroatoms. The summed E-state index contributed by atoms with van der Waals surface area (Å²) in [6.45, 7) is 2.30. The first-order valence-corrected chi connectivity index (χ1v) is 5.73. The number of nitrogen functional groups attached to an aromatic ring is 1. The van der Waals surface area contributed by atoms with Crippen LogP contribution < -0.4 is 5.73 Å². The predicted molar refractivity (Wildman–Crippen MR) is 67.4 cm³/mol. The van der Waals surface area contributed by atoms with Gasteiger partial charge in [0.1, 0.15) is 5.82 Å². The SMILES string of the molecule is Nc1cn(CCCOCc2ccccc2)cn1. The molecule has 0 amide bonds. The van der Waals surface area contributed by atoms with Gasteiger partial charge in [0.05, 0.1) is 12.9 Å². The highest BCUT2D eigenvalue weighted by Crippen LogP contribution is 2.02. The lowest BCUT2D eigenvalue weighted by atomic mass is 10.2. The van der Waals surface area contributed by atoms with Crippen molar-refractivity contribution in [1.82, 2.24) is 9.55 Å². The molecular weight excluding hydrogens is 214 g/mol. The van der Waals surface area contributed by atoms with Gasteiger partial charge in [-0.05, 0) is 12.0 Å². The van der Waals surface area contributed by atoms with Crippen LogP contribution in [0.1, 0.15) is 12.0 Å². The molecule has 2 N–H and O–H groups in total. The van der Waals surface area contributed by atoms with Crippen molar-refractivity contribution >= 4 is 5.82 Å². The van der Waals surface area contributed by atoms with E-state index in [1.807, 2.05) is 29.0 Å². The first kappa shape index (κ1) is 11.7. The molecule has 1 aromatic heterocycles. The Morgan fingerprint density at radius 2 is 2.06 bits per heavy atom. The van der Waals surface area contributed by atoms with E-state index in [0.29, 0.717) is 12.4 Å². The summed E-state index contributed by atoms with van der Waals surface area (Å²) in [7, 11) is 0. The number of imidazole rings is 1. The van der Waals surface area contributed by atoms with E-state index in [2.05, 4.69) is 17.1 Å². The minimum absolute atomic E-state index is 0.565. The van der Waals surface area contributed by atoms with E-state index in [4.69, 9.17) is 10.5 Å². The fourth-order valence-electron chi connectivity index (χ4n) is 1.61. The van der Waals surface area contributed by atoms with Crippen molar-refractivity contribution in [2.45, 2.75) is 19.6 Å². The summed E-state index contributed by atoms with van der Waals surface area (Å²) in [5, 5.41) is 0. The fourth-order valence-corrected chi connectivity index (χ4v) is 1.61. The molecule has 2 rings (SSSR count). The average Bonchev–Trinajstić information content (AvgIpc) is 2.76. The Balaban J connectivity index is 1.61. The number of benzene rings is 1. The zero-order valence-electron chi connectivity index (χ0n) is 9.75. The molecule has 0 radical (unpaired) electrons. The molecule has 0 saturated heterocycles. The van der Waals surface area contributed by atoms with Crippen LogP contribution >= 0.6 is 0 Å². The number of aryl methyl sites for hydroxylation is 1. The quantitative estimate of drug-likeness (QED) is 0.774. The van der Waals surface area contributed by atoms with Gasteiger partial charge in [0.2, 0.25) is 0 Å². The van der Waals surface area contributed by atoms with E-state index in [0.717, 1.165) is 19.6 Å². The number of anilines is 1. The van der Waals surface area contributed by atoms with Crippen molar-refractivity contribution in [2.24, 2.45) is 0 Å². The van der Waals surface area contributed by atoms with Crippen LogP contribution in [0.25, 0.3) is 0 Å². The Labute approximate surface area is 101 Å². The van der Waals surface area contributed by atoms with Crippen molar-refractivity contribution < 1.29 is 4.74 Å². The molecule has 0 spiro atoms. The second kappa shape index (κ2) is 6.06. The Bertz CT molecular complexity index is 439. The van der Waals surface area contributed by atoms with Gasteiger partial charge in [0.25, 0.3) is 0 Å². The molecule has 1 aromatic carbocycles. The lowest BCUT2D eigenvalue weighted by Crippen LogP contribution is -2.01. The maximum atomic E-state index is 5.58. The minimum Gasteiger partial charge on any atom is -0.382 e. The number of hydrogen-bond acceptors (Lipinski definition) is 3. The van der Waals surface area contributed by atoms with Crippen LogP contribution in [0.4, 0.5) is 5.82 Å². The molecule has 1 heterocycles. The van der Waals surface area contributed by atoms with Crippen LogP contribution in [0.3, 0.4) is 0 Å². The normalized spacial score (nSPS) is 10.6. The van der Waals surface area contributed by atoms with Gasteiger partial charge < -0.3 is 15.0 Å². The monoisotopic (exact) mass is 231 g/mol. The van der Waals surface area contributed by atoms with Crippen LogP contribution in [0.15, 0.2) is 42.9 Å². The number of nitrogens with zero attached hydrogens (tertiary/aromatic N) is 2. The number of nitrogens with two attached hydrogens (primary N) is 1. The molecule has 2 aromatic rings. The highest BCUT2D eigenvalue weighted by atomic mass is 16.5. The zero-order valence-corrected chi connectivity index (χ0v) is 9.75. The molecule has 0 fully saturated rings. The highest BCUT2D eigenvalue weighted by molar-refractivity contribution is 5.22. The van der Waals surface area contributed by atoms with Crippen LogP contribution in [-0.2, 0) is 17.9 Å². The topological polar surface area (TPSA) is 53.1 Å². The van der Waals surface area contributed by atoms with Crippen LogP contribution in [0.5, 0.6) is 0 Å². The molecule has 0 saturated carbocycles. The van der Waals surface area contributed by atoms with E-state index >= 15 is 0 Å². The largest absolute Gasteiger partial charge is 0.382 e. The van der Waals surface area contributed by atoms with Gasteiger partial charge in [-0.25, -0.2) is 4.98 Å². The molecule has 17 heavy (non-hydrogen) atoms. The second-order valence-corrected chi connectivity index (χ2v) is 3.93. The maximum Gasteiger partial charge on any atom is 0.141 e. The number of ether oxygens (including phenoxy) is 1. The van der Waals surface area contributed by atoms with Gasteiger partial charge in [0, 0.05) is 19.3 Å². The van der Waals surface area contributed by atoms with E-state index in [1.54, 1.807) is 6.33 Å². The summed E-state index contributed by atoms with van der Waals surface area (Å²) in [5.74, 6) is 0.565. The Hall–Kier alpha value is -1.81. The summed E-state index contributed by atoms with van der Waals surface area (Å²) < 4.78 is 7.56. The zero-order chi connectivity index (χ0) is 11.9. The number of hydrogen-bond donors (Lipinski definition) is 1. The van der Waals surface area contributed by atoms with Crippen molar-refractivity contribution in [2.75, 3.05) is 12.3 Å². The van der Waals surface area contributed by atoms with Crippen molar-refractivity contribution in [3.8, 4) is 0 Å². The molecule has 4 nitrogen and oxygen atoms in total. The number of rotatable bonds is 6. The van der Waals surface area contributed by atoms with Crippen LogP contribution in [-0.4, -0.2) is 16.2 Å². The van der Waals surface area contributed by atoms with E-state index in [1.165, 1.54) is 5.56 Å². The molecular formula is C13H17N3O. The first-order chi connectivity index (χ1) is 8.34. The van der Waals surface area contributed by atoms with Crippen LogP contribution in [0.2, 0.25) is 0 Å². The highest BCUT2D eigenvalue weighted by Gasteiger charge is 1.95. The molecule has 90 valence electrons. The second-order valence-electron chi connectivity index (χ2n) is 3.93. The standard InChI is InChI=1S/C13H17N3O/c14-13-9-16(11-15-13)7-4-8-17-10-12-5-2-1-3-6-12/h1-3,5-6,9,11H,4,7-8,10,14H2. The Kier molecular flexibility index (Phi) is 4.16. The Morgan fingerprint density at radius 3 is 2.76 bits per heavy atom. The summed E-state index contributed by atoms with van der Waals surface area (Å²) in [4.78, 5) is 3.96. The summed E-state index contributed by atoms with van der Waals surface area (Å²) >= 11 is 0. The van der Waals surface area contributed by atoms with Gasteiger partial charge in [-0.1, -0.05) is 30.3 Å². The summed E-state index contributed by atoms with van der Waals surface area (Å²) in [6.07, 6.45) is 4.53. The molecule has 0 atom stereocenters. The average molecular weight is 231 g/mol. The molecule has 0 aliphatic rings. The third-order valence-corrected chi connectivity index (χ3v) is 2.47. The Morgan fingerprint density at radius 1 is 1.24 bits per heavy atom. The van der Waals surface area contributed by atoms with E-state index in [9.17, 15) is 0 Å². The first-order valence-electron chi connectivity index (χ1n) is 5.73. The summed E-state index contributed by atoms with van der Waals surface area (Å²) in [6, 6.07) is 10.2. The summed E-state index contributed by atoms with van der Waals surface area (Å²) in [5.41, 5.74) is 6.73. The molecule has 0 bridgehead atoms. The van der Waals surface area contributed by atoms with Crippen molar-refractivity contribution in [1.29, 1.82) is 0 Å². The van der Waals surface area contributed by atoms with Crippen molar-refractivity contribution in [3.63, 3.8) is 0 Å². The lowest BCUT2D eigenvalue weighted by molar-refractivity contribution is 0.115. The van der Waals surface area contributed by atoms with Gasteiger partial charge in [0.15, 0.2) is 0 Å². The van der Waals surface area contributed by atoms with Crippen LogP contribution in [0, 0.1) is 0 Å². The van der Waals surface area contributed by atoms with Gasteiger partial charge in [-0.15, -0.1) is 0 Å². The fraction of sp³-hybridized carbons (Fsp3) is 0.308. The van der Waals surface area contributed by atoms with Gasteiger partial charge in [-0.2, -0.15) is 0 Å². The third kappa shape index (κ3) is 3.92. The lowest BCUT2D eigenvalue weighted by Gasteiger charge is -2.04. The molecule has 0 aliphatic heterocycles. The maximum absolute atomic E-state index is 5.58. The number of aromatic nitrogens is 2. The molecule has 0 aliphatic carbocycles. The van der Waals surface area contributed by atoms with Gasteiger partial charge >= 0.3 is 0 Å². The van der Waals surface area contributed by atoms with E-state index in [-0.39, 0.29) is 0 Å². The predicted octanol–water partition coefficient (Wildman–Crippen LogP) is 2.07. The molecule has 0 unspecified atom stereocenters. The van der Waals surface area contributed by atoms with E-state index < -0.39 is 0 Å². The smallest absolute Gasteiger partial charge is 0.141 e.